The molecule has 3 rings (SSSR count). The van der Waals surface area contributed by atoms with Gasteiger partial charge in [-0.1, -0.05) is 12.5 Å². The Labute approximate surface area is 128 Å². The second-order valence-corrected chi connectivity index (χ2v) is 6.52. The Morgan fingerprint density at radius 1 is 1.33 bits per heavy atom. The Morgan fingerprint density at radius 3 is 2.90 bits per heavy atom. The average Bonchev–Trinajstić information content (AvgIpc) is 3.18. The van der Waals surface area contributed by atoms with E-state index < -0.39 is 0 Å². The van der Waals surface area contributed by atoms with Gasteiger partial charge in [0, 0.05) is 29.6 Å². The standard InChI is InChI=1S/C17H18O3S/c18-14-6-2-1-5-12(14)13(17-8-4-10-21-17)11-15(19)16-7-3-9-20-16/h3-4,7-10,12-13H,1-2,5-6,11H2/t12-,13-/m1/s1. The minimum atomic E-state index is -0.0173. The number of Topliss-reactive ketones (excluding diaryl/α,β-unsaturated/α-hetero) is 2. The lowest BCUT2D eigenvalue weighted by molar-refractivity contribution is -0.125. The molecule has 0 bridgehead atoms. The zero-order valence-corrected chi connectivity index (χ0v) is 12.6. The molecule has 0 N–H and O–H groups in total. The van der Waals surface area contributed by atoms with E-state index in [0.29, 0.717) is 24.4 Å². The first-order chi connectivity index (χ1) is 10.3. The fourth-order valence-corrected chi connectivity index (χ4v) is 4.01. The van der Waals surface area contributed by atoms with E-state index in [1.807, 2.05) is 17.5 Å². The first-order valence-corrected chi connectivity index (χ1v) is 8.26. The normalized spacial score (nSPS) is 20.4. The summed E-state index contributed by atoms with van der Waals surface area (Å²) < 4.78 is 5.20. The van der Waals surface area contributed by atoms with E-state index in [1.165, 1.54) is 6.26 Å². The number of furan rings is 1. The Kier molecular flexibility index (Phi) is 4.34. The highest BCUT2D eigenvalue weighted by atomic mass is 32.1. The number of hydrogen-bond donors (Lipinski definition) is 0. The lowest BCUT2D eigenvalue weighted by Crippen LogP contribution is -2.27. The fraction of sp³-hybridized carbons (Fsp3) is 0.412. The molecule has 0 spiro atoms. The molecule has 3 nitrogen and oxygen atoms in total. The largest absolute Gasteiger partial charge is 0.461 e. The lowest BCUT2D eigenvalue weighted by atomic mass is 9.76. The molecule has 1 aliphatic rings. The average molecular weight is 302 g/mol. The zero-order chi connectivity index (χ0) is 14.7. The van der Waals surface area contributed by atoms with Crippen LogP contribution in [0.1, 0.15) is 53.5 Å². The maximum absolute atomic E-state index is 12.4. The van der Waals surface area contributed by atoms with Gasteiger partial charge in [-0.15, -0.1) is 11.3 Å². The monoisotopic (exact) mass is 302 g/mol. The van der Waals surface area contributed by atoms with Crippen molar-refractivity contribution in [1.29, 1.82) is 0 Å². The number of ketones is 2. The second kappa shape index (κ2) is 6.39. The minimum Gasteiger partial charge on any atom is -0.461 e. The second-order valence-electron chi connectivity index (χ2n) is 5.55. The van der Waals surface area contributed by atoms with Gasteiger partial charge in [-0.3, -0.25) is 9.59 Å². The number of carbonyl (C=O) groups is 2. The van der Waals surface area contributed by atoms with Crippen LogP contribution in [-0.4, -0.2) is 11.6 Å². The van der Waals surface area contributed by atoms with Gasteiger partial charge in [0.15, 0.2) is 11.5 Å². The molecule has 2 aromatic heterocycles. The summed E-state index contributed by atoms with van der Waals surface area (Å²) in [5.41, 5.74) is 0. The Morgan fingerprint density at radius 2 is 2.24 bits per heavy atom. The van der Waals surface area contributed by atoms with Crippen LogP contribution in [0.5, 0.6) is 0 Å². The van der Waals surface area contributed by atoms with E-state index in [0.717, 1.165) is 24.1 Å². The molecular weight excluding hydrogens is 284 g/mol. The molecule has 110 valence electrons. The number of rotatable bonds is 5. The van der Waals surface area contributed by atoms with Gasteiger partial charge in [-0.05, 0) is 36.4 Å². The summed E-state index contributed by atoms with van der Waals surface area (Å²) in [7, 11) is 0. The summed E-state index contributed by atoms with van der Waals surface area (Å²) in [5.74, 6) is 0.662. The van der Waals surface area contributed by atoms with E-state index in [9.17, 15) is 9.59 Å². The molecular formula is C17H18O3S. The van der Waals surface area contributed by atoms with Crippen LogP contribution in [0.25, 0.3) is 0 Å². The highest BCUT2D eigenvalue weighted by Crippen LogP contribution is 2.38. The molecule has 21 heavy (non-hydrogen) atoms. The van der Waals surface area contributed by atoms with E-state index in [-0.39, 0.29) is 17.6 Å². The molecule has 0 radical (unpaired) electrons. The molecule has 0 aromatic carbocycles. The van der Waals surface area contributed by atoms with Gasteiger partial charge in [0.05, 0.1) is 6.26 Å². The van der Waals surface area contributed by atoms with Crippen molar-refractivity contribution >= 4 is 22.9 Å². The van der Waals surface area contributed by atoms with Gasteiger partial charge in [-0.2, -0.15) is 0 Å². The van der Waals surface area contributed by atoms with Gasteiger partial charge in [0.2, 0.25) is 0 Å². The van der Waals surface area contributed by atoms with Crippen molar-refractivity contribution in [2.75, 3.05) is 0 Å². The third kappa shape index (κ3) is 3.16. The van der Waals surface area contributed by atoms with Crippen LogP contribution in [-0.2, 0) is 4.79 Å². The zero-order valence-electron chi connectivity index (χ0n) is 11.8. The summed E-state index contributed by atoms with van der Waals surface area (Å²) in [4.78, 5) is 25.8. The topological polar surface area (TPSA) is 47.3 Å². The van der Waals surface area contributed by atoms with Crippen LogP contribution >= 0.6 is 11.3 Å². The maximum atomic E-state index is 12.4. The fourth-order valence-electron chi connectivity index (χ4n) is 3.12. The van der Waals surface area contributed by atoms with Crippen LogP contribution in [0, 0.1) is 5.92 Å². The molecule has 0 unspecified atom stereocenters. The minimum absolute atomic E-state index is 0.00426. The van der Waals surface area contributed by atoms with Crippen LogP contribution in [0.3, 0.4) is 0 Å². The van der Waals surface area contributed by atoms with Crippen molar-refractivity contribution in [3.63, 3.8) is 0 Å². The lowest BCUT2D eigenvalue weighted by Gasteiger charge is -2.28. The number of hydrogen-bond acceptors (Lipinski definition) is 4. The molecule has 1 aliphatic carbocycles. The van der Waals surface area contributed by atoms with E-state index >= 15 is 0 Å². The summed E-state index contributed by atoms with van der Waals surface area (Å²) in [6, 6.07) is 7.43. The van der Waals surface area contributed by atoms with Crippen LogP contribution in [0.4, 0.5) is 0 Å². The van der Waals surface area contributed by atoms with Crippen molar-refractivity contribution < 1.29 is 14.0 Å². The van der Waals surface area contributed by atoms with Crippen molar-refractivity contribution in [2.24, 2.45) is 5.92 Å². The predicted molar refractivity (Wildman–Crippen MR) is 81.7 cm³/mol. The van der Waals surface area contributed by atoms with Crippen molar-refractivity contribution in [2.45, 2.75) is 38.0 Å². The van der Waals surface area contributed by atoms with E-state index in [4.69, 9.17) is 4.42 Å². The quantitative estimate of drug-likeness (QED) is 0.766. The van der Waals surface area contributed by atoms with Gasteiger partial charge in [0.25, 0.3) is 0 Å². The molecule has 0 saturated heterocycles. The smallest absolute Gasteiger partial charge is 0.198 e. The molecule has 1 fully saturated rings. The summed E-state index contributed by atoms with van der Waals surface area (Å²) in [5, 5.41) is 2.01. The van der Waals surface area contributed by atoms with Crippen LogP contribution in [0.2, 0.25) is 0 Å². The maximum Gasteiger partial charge on any atom is 0.198 e. The summed E-state index contributed by atoms with van der Waals surface area (Å²) in [6.45, 7) is 0. The highest BCUT2D eigenvalue weighted by Gasteiger charge is 2.33. The van der Waals surface area contributed by atoms with Crippen LogP contribution < -0.4 is 0 Å². The summed E-state index contributed by atoms with van der Waals surface area (Å²) in [6.07, 6.45) is 5.48. The molecule has 1 saturated carbocycles. The SMILES string of the molecule is O=C(C[C@@H](c1cccs1)[C@H]1CCCCC1=O)c1ccco1. The first kappa shape index (κ1) is 14.3. The Bertz CT molecular complexity index is 598. The molecule has 0 aliphatic heterocycles. The molecule has 2 aromatic rings. The van der Waals surface area contributed by atoms with Crippen molar-refractivity contribution in [3.05, 3.63) is 46.5 Å². The van der Waals surface area contributed by atoms with Crippen molar-refractivity contribution in [1.82, 2.24) is 0 Å². The number of carbonyl (C=O) groups excluding carboxylic acids is 2. The molecule has 4 heteroatoms. The first-order valence-electron chi connectivity index (χ1n) is 7.38. The van der Waals surface area contributed by atoms with Crippen molar-refractivity contribution in [3.8, 4) is 0 Å². The van der Waals surface area contributed by atoms with Gasteiger partial charge in [-0.25, -0.2) is 0 Å². The van der Waals surface area contributed by atoms with Crippen LogP contribution in [0.15, 0.2) is 40.3 Å². The van der Waals surface area contributed by atoms with Gasteiger partial charge < -0.3 is 4.42 Å². The third-order valence-corrected chi connectivity index (χ3v) is 5.20. The molecule has 2 heterocycles. The van der Waals surface area contributed by atoms with Gasteiger partial charge in [0.1, 0.15) is 5.78 Å². The van der Waals surface area contributed by atoms with E-state index in [1.54, 1.807) is 23.5 Å². The molecule has 2 atom stereocenters. The number of thiophene rings is 1. The molecule has 0 amide bonds. The summed E-state index contributed by atoms with van der Waals surface area (Å²) >= 11 is 1.63. The predicted octanol–water partition coefficient (Wildman–Crippen LogP) is 4.46. The third-order valence-electron chi connectivity index (χ3n) is 4.20. The highest BCUT2D eigenvalue weighted by molar-refractivity contribution is 7.10. The Hall–Kier alpha value is -1.68. The van der Waals surface area contributed by atoms with Gasteiger partial charge >= 0.3 is 0 Å². The Balaban J connectivity index is 1.83. The van der Waals surface area contributed by atoms with E-state index in [2.05, 4.69) is 0 Å².